The van der Waals surface area contributed by atoms with Gasteiger partial charge in [-0.2, -0.15) is 0 Å². The molecule has 0 aromatic carbocycles. The molecule has 0 aliphatic heterocycles. The smallest absolute Gasteiger partial charge is 0.334 e. The summed E-state index contributed by atoms with van der Waals surface area (Å²) in [7, 11) is 2.68. The van der Waals surface area contributed by atoms with E-state index in [9.17, 15) is 9.59 Å². The van der Waals surface area contributed by atoms with E-state index in [2.05, 4.69) is 14.8 Å². The number of methoxy groups -OCH3 is 2. The van der Waals surface area contributed by atoms with Crippen molar-refractivity contribution in [1.29, 1.82) is 0 Å². The van der Waals surface area contributed by atoms with Gasteiger partial charge in [0.25, 0.3) is 0 Å². The zero-order chi connectivity index (χ0) is 14.5. The van der Waals surface area contributed by atoms with Gasteiger partial charge in [0.1, 0.15) is 0 Å². The molecule has 0 amide bonds. The minimum absolute atomic E-state index is 0.237. The molecule has 0 spiro atoms. The summed E-state index contributed by atoms with van der Waals surface area (Å²) in [5.41, 5.74) is 0. The first-order valence-electron chi connectivity index (χ1n) is 6.16. The Balaban J connectivity index is 3.23. The lowest BCUT2D eigenvalue weighted by Crippen LogP contribution is -2.25. The number of esters is 2. The van der Waals surface area contributed by atoms with Gasteiger partial charge in [0.15, 0.2) is 6.10 Å². The molecule has 0 aromatic rings. The fraction of sp³-hybridized carbons (Fsp3) is 0.833. The van der Waals surface area contributed by atoms with Crippen LogP contribution in [0, 0.1) is 0 Å². The first-order chi connectivity index (χ1) is 9.11. The summed E-state index contributed by atoms with van der Waals surface area (Å²) in [5.74, 6) is -0.636. The predicted octanol–water partition coefficient (Wildman–Crippen LogP) is -0.266. The van der Waals surface area contributed by atoms with E-state index in [1.807, 2.05) is 0 Å². The second kappa shape index (κ2) is 11.9. The molecule has 0 aliphatic rings. The minimum atomic E-state index is -0.577. The van der Waals surface area contributed by atoms with Gasteiger partial charge in [-0.15, -0.1) is 0 Å². The molecule has 1 N–H and O–H groups in total. The number of ether oxygens (including phenoxy) is 4. The first-order valence-corrected chi connectivity index (χ1v) is 6.16. The topological polar surface area (TPSA) is 83.1 Å². The largest absolute Gasteiger partial charge is 0.469 e. The van der Waals surface area contributed by atoms with Crippen LogP contribution in [0.4, 0.5) is 0 Å². The van der Waals surface area contributed by atoms with Gasteiger partial charge in [-0.05, 0) is 6.92 Å². The van der Waals surface area contributed by atoms with Crippen LogP contribution in [0.2, 0.25) is 0 Å². The van der Waals surface area contributed by atoms with Gasteiger partial charge in [-0.25, -0.2) is 4.79 Å². The third kappa shape index (κ3) is 10.4. The molecule has 0 bridgehead atoms. The Morgan fingerprint density at radius 3 is 2.42 bits per heavy atom. The lowest BCUT2D eigenvalue weighted by atomic mass is 10.4. The standard InChI is InChI=1S/C12H23NO6/c1-10(12(15)17-3)19-9-8-18-7-6-13-5-4-11(14)16-2/h10,13H,4-9H2,1-3H3. The van der Waals surface area contributed by atoms with Crippen molar-refractivity contribution < 1.29 is 28.5 Å². The van der Waals surface area contributed by atoms with Crippen LogP contribution in [0.25, 0.3) is 0 Å². The van der Waals surface area contributed by atoms with Crippen LogP contribution in [0.1, 0.15) is 13.3 Å². The first kappa shape index (κ1) is 17.8. The quantitative estimate of drug-likeness (QED) is 0.411. The summed E-state index contributed by atoms with van der Waals surface area (Å²) >= 11 is 0. The molecule has 0 fully saturated rings. The van der Waals surface area contributed by atoms with E-state index in [0.29, 0.717) is 39.3 Å². The SMILES string of the molecule is COC(=O)CCNCCOCCOC(C)C(=O)OC. The van der Waals surface area contributed by atoms with E-state index in [0.717, 1.165) is 0 Å². The molecule has 1 unspecified atom stereocenters. The molecule has 19 heavy (non-hydrogen) atoms. The van der Waals surface area contributed by atoms with Gasteiger partial charge in [0, 0.05) is 13.1 Å². The third-order valence-corrected chi connectivity index (χ3v) is 2.29. The molecule has 0 rings (SSSR count). The monoisotopic (exact) mass is 277 g/mol. The fourth-order valence-electron chi connectivity index (χ4n) is 1.18. The zero-order valence-electron chi connectivity index (χ0n) is 11.8. The van der Waals surface area contributed by atoms with Crippen molar-refractivity contribution in [2.75, 3.05) is 47.1 Å². The second-order valence-electron chi connectivity index (χ2n) is 3.72. The van der Waals surface area contributed by atoms with Crippen molar-refractivity contribution in [2.24, 2.45) is 0 Å². The zero-order valence-corrected chi connectivity index (χ0v) is 11.8. The maximum Gasteiger partial charge on any atom is 0.334 e. The minimum Gasteiger partial charge on any atom is -0.469 e. The molecule has 0 saturated heterocycles. The molecule has 0 radical (unpaired) electrons. The lowest BCUT2D eigenvalue weighted by Gasteiger charge is -2.11. The molecule has 7 heteroatoms. The van der Waals surface area contributed by atoms with Crippen LogP contribution in [0.15, 0.2) is 0 Å². The van der Waals surface area contributed by atoms with E-state index in [1.54, 1.807) is 6.92 Å². The molecule has 0 aromatic heterocycles. The summed E-state index contributed by atoms with van der Waals surface area (Å²) in [6.07, 6.45) is -0.234. The summed E-state index contributed by atoms with van der Waals surface area (Å²) in [4.78, 5) is 21.8. The average Bonchev–Trinajstić information content (AvgIpc) is 2.43. The Morgan fingerprint density at radius 1 is 1.05 bits per heavy atom. The number of hydrogen-bond acceptors (Lipinski definition) is 7. The number of nitrogens with one attached hydrogen (secondary N) is 1. The molecule has 7 nitrogen and oxygen atoms in total. The number of carbonyl (C=O) groups is 2. The van der Waals surface area contributed by atoms with Crippen molar-refractivity contribution in [3.05, 3.63) is 0 Å². The van der Waals surface area contributed by atoms with Crippen molar-refractivity contribution in [3.63, 3.8) is 0 Å². The molecule has 0 heterocycles. The highest BCUT2D eigenvalue weighted by Gasteiger charge is 2.12. The van der Waals surface area contributed by atoms with Crippen LogP contribution in [0.5, 0.6) is 0 Å². The normalized spacial score (nSPS) is 11.9. The van der Waals surface area contributed by atoms with Crippen LogP contribution in [0.3, 0.4) is 0 Å². The molecular formula is C12H23NO6. The van der Waals surface area contributed by atoms with Gasteiger partial charge in [0.2, 0.25) is 0 Å². The summed E-state index contributed by atoms with van der Waals surface area (Å²) < 4.78 is 19.5. The number of hydrogen-bond donors (Lipinski definition) is 1. The molecule has 0 saturated carbocycles. The summed E-state index contributed by atoms with van der Waals surface area (Å²) in [6, 6.07) is 0. The maximum absolute atomic E-state index is 11.0. The Kier molecular flexibility index (Phi) is 11.1. The lowest BCUT2D eigenvalue weighted by molar-refractivity contribution is -0.153. The van der Waals surface area contributed by atoms with E-state index >= 15 is 0 Å². The summed E-state index contributed by atoms with van der Waals surface area (Å²) in [6.45, 7) is 4.07. The van der Waals surface area contributed by atoms with Crippen LogP contribution >= 0.6 is 0 Å². The van der Waals surface area contributed by atoms with E-state index in [1.165, 1.54) is 14.2 Å². The summed E-state index contributed by atoms with van der Waals surface area (Å²) in [5, 5.41) is 3.04. The van der Waals surface area contributed by atoms with E-state index < -0.39 is 12.1 Å². The molecule has 0 aliphatic carbocycles. The van der Waals surface area contributed by atoms with Gasteiger partial charge in [-0.1, -0.05) is 0 Å². The van der Waals surface area contributed by atoms with Gasteiger partial charge in [0.05, 0.1) is 40.5 Å². The van der Waals surface area contributed by atoms with Gasteiger partial charge < -0.3 is 24.3 Å². The van der Waals surface area contributed by atoms with Crippen LogP contribution in [-0.4, -0.2) is 65.2 Å². The van der Waals surface area contributed by atoms with Crippen molar-refractivity contribution in [3.8, 4) is 0 Å². The van der Waals surface area contributed by atoms with Crippen molar-refractivity contribution in [1.82, 2.24) is 5.32 Å². The van der Waals surface area contributed by atoms with E-state index in [4.69, 9.17) is 9.47 Å². The van der Waals surface area contributed by atoms with Crippen molar-refractivity contribution in [2.45, 2.75) is 19.4 Å². The van der Waals surface area contributed by atoms with E-state index in [-0.39, 0.29) is 5.97 Å². The highest BCUT2D eigenvalue weighted by Crippen LogP contribution is 1.93. The highest BCUT2D eigenvalue weighted by atomic mass is 16.6. The molecule has 112 valence electrons. The van der Waals surface area contributed by atoms with Crippen LogP contribution in [-0.2, 0) is 28.5 Å². The number of carbonyl (C=O) groups excluding carboxylic acids is 2. The maximum atomic E-state index is 11.0. The Labute approximate surface area is 113 Å². The van der Waals surface area contributed by atoms with Crippen molar-refractivity contribution >= 4 is 11.9 Å². The predicted molar refractivity (Wildman–Crippen MR) is 67.8 cm³/mol. The van der Waals surface area contributed by atoms with Gasteiger partial charge >= 0.3 is 11.9 Å². The average molecular weight is 277 g/mol. The number of rotatable bonds is 11. The Bertz CT molecular complexity index is 259. The fourth-order valence-corrected chi connectivity index (χ4v) is 1.18. The molecular weight excluding hydrogens is 254 g/mol. The Morgan fingerprint density at radius 2 is 1.79 bits per heavy atom. The van der Waals surface area contributed by atoms with Gasteiger partial charge in [-0.3, -0.25) is 4.79 Å². The second-order valence-corrected chi connectivity index (χ2v) is 3.72. The van der Waals surface area contributed by atoms with Crippen LogP contribution < -0.4 is 5.32 Å². The Hall–Kier alpha value is -1.18. The third-order valence-electron chi connectivity index (χ3n) is 2.29. The molecule has 1 atom stereocenters. The highest BCUT2D eigenvalue weighted by molar-refractivity contribution is 5.73.